The first-order chi connectivity index (χ1) is 10.0. The number of rotatable bonds is 6. The molecule has 0 aliphatic carbocycles. The van der Waals surface area contributed by atoms with Crippen LogP contribution in [0, 0.1) is 6.92 Å². The van der Waals surface area contributed by atoms with E-state index in [-0.39, 0.29) is 6.04 Å². The Balaban J connectivity index is 2.48. The number of pyridine rings is 1. The Morgan fingerprint density at radius 2 is 2.14 bits per heavy atom. The first kappa shape index (κ1) is 16.2. The van der Waals surface area contributed by atoms with Crippen LogP contribution in [0.4, 0.5) is 0 Å². The van der Waals surface area contributed by atoms with Crippen LogP contribution in [-0.2, 0) is 0 Å². The summed E-state index contributed by atoms with van der Waals surface area (Å²) >= 11 is 3.65. The Bertz CT molecular complexity index is 592. The lowest BCUT2D eigenvalue weighted by molar-refractivity contribution is 0.470. The first-order valence-corrected chi connectivity index (χ1v) is 8.22. The van der Waals surface area contributed by atoms with Gasteiger partial charge in [-0.05, 0) is 67.4 Å². The van der Waals surface area contributed by atoms with Crippen molar-refractivity contribution >= 4 is 15.9 Å². The topological polar surface area (TPSA) is 42.7 Å². The van der Waals surface area contributed by atoms with Crippen LogP contribution in [-0.4, -0.2) is 21.3 Å². The van der Waals surface area contributed by atoms with Gasteiger partial charge in [0.15, 0.2) is 0 Å². The van der Waals surface area contributed by atoms with Crippen molar-refractivity contribution in [1.29, 1.82) is 0 Å². The Morgan fingerprint density at radius 3 is 2.76 bits per heavy atom. The van der Waals surface area contributed by atoms with Crippen LogP contribution in [0.2, 0.25) is 0 Å². The molecule has 2 aromatic heterocycles. The van der Waals surface area contributed by atoms with Crippen molar-refractivity contribution in [2.75, 3.05) is 6.54 Å². The standard InChI is InChI=1S/C16H23BrN4/c1-5-7-19-15(13-6-8-18-12(4)9-13)16-14(17)10-20-21(16)11(2)3/h6,8-11,15,19H,5,7H2,1-4H3. The molecule has 2 heterocycles. The number of aryl methyl sites for hydroxylation is 1. The fraction of sp³-hybridized carbons (Fsp3) is 0.500. The van der Waals surface area contributed by atoms with Crippen LogP contribution in [0.3, 0.4) is 0 Å². The Morgan fingerprint density at radius 1 is 1.38 bits per heavy atom. The first-order valence-electron chi connectivity index (χ1n) is 7.43. The number of nitrogens with zero attached hydrogens (tertiary/aromatic N) is 3. The van der Waals surface area contributed by atoms with Crippen molar-refractivity contribution in [3.8, 4) is 0 Å². The lowest BCUT2D eigenvalue weighted by Crippen LogP contribution is -2.27. The molecule has 114 valence electrons. The number of aromatic nitrogens is 3. The molecule has 0 aliphatic rings. The maximum atomic E-state index is 4.51. The summed E-state index contributed by atoms with van der Waals surface area (Å²) in [6, 6.07) is 4.65. The summed E-state index contributed by atoms with van der Waals surface area (Å²) in [5, 5.41) is 8.14. The molecule has 1 N–H and O–H groups in total. The molecule has 0 spiro atoms. The van der Waals surface area contributed by atoms with Crippen molar-refractivity contribution in [2.45, 2.75) is 46.2 Å². The van der Waals surface area contributed by atoms with Gasteiger partial charge in [0, 0.05) is 17.9 Å². The molecule has 5 heteroatoms. The smallest absolute Gasteiger partial charge is 0.0761 e. The summed E-state index contributed by atoms with van der Waals surface area (Å²) in [6.07, 6.45) is 4.84. The van der Waals surface area contributed by atoms with Gasteiger partial charge in [-0.2, -0.15) is 5.10 Å². The van der Waals surface area contributed by atoms with Crippen molar-refractivity contribution in [1.82, 2.24) is 20.1 Å². The van der Waals surface area contributed by atoms with E-state index in [1.165, 1.54) is 11.3 Å². The Hall–Kier alpha value is -1.20. The van der Waals surface area contributed by atoms with Gasteiger partial charge in [0.25, 0.3) is 0 Å². The molecule has 0 saturated carbocycles. The van der Waals surface area contributed by atoms with Crippen LogP contribution in [0.5, 0.6) is 0 Å². The van der Waals surface area contributed by atoms with E-state index >= 15 is 0 Å². The minimum atomic E-state index is 0.117. The van der Waals surface area contributed by atoms with E-state index in [0.717, 1.165) is 23.1 Å². The van der Waals surface area contributed by atoms with Gasteiger partial charge in [-0.3, -0.25) is 9.67 Å². The predicted molar refractivity (Wildman–Crippen MR) is 89.4 cm³/mol. The van der Waals surface area contributed by atoms with Crippen molar-refractivity contribution in [3.63, 3.8) is 0 Å². The normalized spacial score (nSPS) is 12.9. The molecule has 2 aromatic rings. The highest BCUT2D eigenvalue weighted by Crippen LogP contribution is 2.30. The monoisotopic (exact) mass is 350 g/mol. The average molecular weight is 351 g/mol. The van der Waals surface area contributed by atoms with Crippen LogP contribution in [0.1, 0.15) is 56.2 Å². The summed E-state index contributed by atoms with van der Waals surface area (Å²) in [6.45, 7) is 9.46. The van der Waals surface area contributed by atoms with Crippen LogP contribution in [0.25, 0.3) is 0 Å². The fourth-order valence-corrected chi connectivity index (χ4v) is 2.94. The molecule has 0 aromatic carbocycles. The maximum Gasteiger partial charge on any atom is 0.0761 e. The Kier molecular flexibility index (Phi) is 5.53. The highest BCUT2D eigenvalue weighted by Gasteiger charge is 2.22. The van der Waals surface area contributed by atoms with Crippen molar-refractivity contribution in [3.05, 3.63) is 46.0 Å². The highest BCUT2D eigenvalue weighted by molar-refractivity contribution is 9.10. The molecule has 0 aliphatic heterocycles. The lowest BCUT2D eigenvalue weighted by atomic mass is 10.0. The van der Waals surface area contributed by atoms with Crippen LogP contribution >= 0.6 is 15.9 Å². The van der Waals surface area contributed by atoms with Gasteiger partial charge >= 0.3 is 0 Å². The van der Waals surface area contributed by atoms with Gasteiger partial charge in [0.2, 0.25) is 0 Å². The van der Waals surface area contributed by atoms with Crippen molar-refractivity contribution in [2.24, 2.45) is 0 Å². The zero-order valence-corrected chi connectivity index (χ0v) is 14.7. The molecule has 0 radical (unpaired) electrons. The molecule has 0 fully saturated rings. The molecule has 4 nitrogen and oxygen atoms in total. The van der Waals surface area contributed by atoms with E-state index in [4.69, 9.17) is 0 Å². The maximum absolute atomic E-state index is 4.51. The zero-order chi connectivity index (χ0) is 15.4. The van der Waals surface area contributed by atoms with Gasteiger partial charge in [-0.25, -0.2) is 0 Å². The molecule has 0 amide bonds. The number of hydrogen-bond donors (Lipinski definition) is 1. The van der Waals surface area contributed by atoms with E-state index < -0.39 is 0 Å². The molecular weight excluding hydrogens is 328 g/mol. The molecule has 0 bridgehead atoms. The van der Waals surface area contributed by atoms with Gasteiger partial charge in [-0.15, -0.1) is 0 Å². The van der Waals surface area contributed by atoms with E-state index in [2.05, 4.69) is 68.9 Å². The average Bonchev–Trinajstić information content (AvgIpc) is 2.82. The second-order valence-electron chi connectivity index (χ2n) is 5.53. The summed E-state index contributed by atoms with van der Waals surface area (Å²) in [5.74, 6) is 0. The van der Waals surface area contributed by atoms with Crippen molar-refractivity contribution < 1.29 is 0 Å². The molecular formula is C16H23BrN4. The van der Waals surface area contributed by atoms with Gasteiger partial charge in [0.1, 0.15) is 0 Å². The summed E-state index contributed by atoms with van der Waals surface area (Å²) in [7, 11) is 0. The number of hydrogen-bond acceptors (Lipinski definition) is 3. The largest absolute Gasteiger partial charge is 0.305 e. The minimum Gasteiger partial charge on any atom is -0.305 e. The van der Waals surface area contributed by atoms with Gasteiger partial charge < -0.3 is 5.32 Å². The SMILES string of the molecule is CCCNC(c1ccnc(C)c1)c1c(Br)cnn1C(C)C. The summed E-state index contributed by atoms with van der Waals surface area (Å²) in [4.78, 5) is 4.30. The quantitative estimate of drug-likeness (QED) is 0.855. The summed E-state index contributed by atoms with van der Waals surface area (Å²) < 4.78 is 3.12. The summed E-state index contributed by atoms with van der Waals surface area (Å²) in [5.41, 5.74) is 3.42. The van der Waals surface area contributed by atoms with Crippen LogP contribution < -0.4 is 5.32 Å². The van der Waals surface area contributed by atoms with Gasteiger partial charge in [-0.1, -0.05) is 6.92 Å². The van der Waals surface area contributed by atoms with E-state index in [1.807, 2.05) is 19.3 Å². The fourth-order valence-electron chi connectivity index (χ4n) is 2.44. The lowest BCUT2D eigenvalue weighted by Gasteiger charge is -2.23. The van der Waals surface area contributed by atoms with E-state index in [1.54, 1.807) is 0 Å². The second-order valence-corrected chi connectivity index (χ2v) is 6.39. The molecule has 21 heavy (non-hydrogen) atoms. The van der Waals surface area contributed by atoms with E-state index in [9.17, 15) is 0 Å². The Labute approximate surface area is 135 Å². The molecule has 1 atom stereocenters. The third-order valence-corrected chi connectivity index (χ3v) is 4.01. The third-order valence-electron chi connectivity index (χ3n) is 3.40. The number of halogens is 1. The number of nitrogens with one attached hydrogen (secondary N) is 1. The third kappa shape index (κ3) is 3.71. The molecule has 1 unspecified atom stereocenters. The second kappa shape index (κ2) is 7.18. The van der Waals surface area contributed by atoms with E-state index in [0.29, 0.717) is 6.04 Å². The zero-order valence-electron chi connectivity index (χ0n) is 13.1. The van der Waals surface area contributed by atoms with Gasteiger partial charge in [0.05, 0.1) is 22.4 Å². The minimum absolute atomic E-state index is 0.117. The highest BCUT2D eigenvalue weighted by atomic mass is 79.9. The molecule has 2 rings (SSSR count). The molecule has 0 saturated heterocycles. The van der Waals surface area contributed by atoms with Crippen LogP contribution in [0.15, 0.2) is 29.0 Å². The predicted octanol–water partition coefficient (Wildman–Crippen LogP) is 4.02.